The Bertz CT molecular complexity index is 640. The third-order valence-corrected chi connectivity index (χ3v) is 4.17. The fraction of sp³-hybridized carbons (Fsp3) is 0.133. The van der Waals surface area contributed by atoms with E-state index >= 15 is 0 Å². The van der Waals surface area contributed by atoms with Gasteiger partial charge >= 0.3 is 0 Å². The van der Waals surface area contributed by atoms with Gasteiger partial charge in [-0.15, -0.1) is 0 Å². The summed E-state index contributed by atoms with van der Waals surface area (Å²) < 4.78 is 13.7. The number of Topliss-reactive ketones (excluding diaryl/α,β-unsaturated/α-hetero) is 1. The highest BCUT2D eigenvalue weighted by Gasteiger charge is 2.12. The number of hydrogen-bond donors (Lipinski definition) is 0. The maximum Gasteiger partial charge on any atom is 0.167 e. The molecule has 98 valence electrons. The van der Waals surface area contributed by atoms with Crippen LogP contribution in [0.2, 0.25) is 5.02 Å². The number of rotatable bonds is 3. The van der Waals surface area contributed by atoms with Gasteiger partial charge in [0.15, 0.2) is 5.78 Å². The lowest BCUT2D eigenvalue weighted by Gasteiger charge is -2.06. The monoisotopic (exact) mass is 340 g/mol. The number of benzene rings is 2. The smallest absolute Gasteiger partial charge is 0.167 e. The fourth-order valence-corrected chi connectivity index (χ4v) is 2.30. The standard InChI is InChI=1S/C15H11BrClFO/c1-9-7-10(5-6-12(9)17)14(19)8-11-3-2-4-13(18)15(11)16/h2-7H,8H2,1H3. The topological polar surface area (TPSA) is 17.1 Å². The Balaban J connectivity index is 2.26. The quantitative estimate of drug-likeness (QED) is 0.720. The van der Waals surface area contributed by atoms with Gasteiger partial charge in [-0.3, -0.25) is 4.79 Å². The summed E-state index contributed by atoms with van der Waals surface area (Å²) in [6.07, 6.45) is 0.152. The van der Waals surface area contributed by atoms with Crippen molar-refractivity contribution in [1.29, 1.82) is 0 Å². The number of hydrogen-bond acceptors (Lipinski definition) is 1. The van der Waals surface area contributed by atoms with Crippen LogP contribution in [0.25, 0.3) is 0 Å². The van der Waals surface area contributed by atoms with E-state index in [-0.39, 0.29) is 18.0 Å². The van der Waals surface area contributed by atoms with E-state index in [1.165, 1.54) is 6.07 Å². The Labute approximate surface area is 124 Å². The van der Waals surface area contributed by atoms with Gasteiger partial charge in [0.25, 0.3) is 0 Å². The molecule has 0 radical (unpaired) electrons. The van der Waals surface area contributed by atoms with Crippen LogP contribution in [0.1, 0.15) is 21.5 Å². The molecule has 19 heavy (non-hydrogen) atoms. The maximum absolute atomic E-state index is 13.4. The van der Waals surface area contributed by atoms with E-state index in [4.69, 9.17) is 11.6 Å². The van der Waals surface area contributed by atoms with Crippen LogP contribution >= 0.6 is 27.5 Å². The molecule has 0 aliphatic heterocycles. The third kappa shape index (κ3) is 3.23. The number of halogens is 3. The molecule has 4 heteroatoms. The Hall–Kier alpha value is -1.19. The molecule has 0 saturated heterocycles. The summed E-state index contributed by atoms with van der Waals surface area (Å²) >= 11 is 9.08. The van der Waals surface area contributed by atoms with Gasteiger partial charge < -0.3 is 0 Å². The molecule has 0 amide bonds. The van der Waals surface area contributed by atoms with Gasteiger partial charge in [0.05, 0.1) is 4.47 Å². The van der Waals surface area contributed by atoms with Crippen LogP contribution in [-0.4, -0.2) is 5.78 Å². The van der Waals surface area contributed by atoms with Crippen molar-refractivity contribution < 1.29 is 9.18 Å². The molecule has 0 aliphatic rings. The third-order valence-electron chi connectivity index (χ3n) is 2.86. The first-order valence-corrected chi connectivity index (χ1v) is 6.88. The first kappa shape index (κ1) is 14.2. The van der Waals surface area contributed by atoms with E-state index in [2.05, 4.69) is 15.9 Å². The molecule has 0 bridgehead atoms. The SMILES string of the molecule is Cc1cc(C(=O)Cc2cccc(F)c2Br)ccc1Cl. The first-order chi connectivity index (χ1) is 8.99. The molecule has 0 heterocycles. The minimum absolute atomic E-state index is 0.0638. The van der Waals surface area contributed by atoms with Crippen LogP contribution < -0.4 is 0 Å². The van der Waals surface area contributed by atoms with E-state index < -0.39 is 0 Å². The lowest BCUT2D eigenvalue weighted by molar-refractivity contribution is 0.0992. The lowest BCUT2D eigenvalue weighted by atomic mass is 10.0. The minimum atomic E-state index is -0.363. The van der Waals surface area contributed by atoms with Gasteiger partial charge in [0, 0.05) is 17.0 Å². The summed E-state index contributed by atoms with van der Waals surface area (Å²) in [5, 5.41) is 0.628. The Morgan fingerprint density at radius 2 is 2.05 bits per heavy atom. The van der Waals surface area contributed by atoms with E-state index in [0.29, 0.717) is 20.6 Å². The van der Waals surface area contributed by atoms with E-state index in [1.807, 2.05) is 6.92 Å². The van der Waals surface area contributed by atoms with Crippen LogP contribution in [0, 0.1) is 12.7 Å². The first-order valence-electron chi connectivity index (χ1n) is 5.71. The molecule has 0 atom stereocenters. The molecular weight excluding hydrogens is 331 g/mol. The van der Waals surface area contributed by atoms with Crippen molar-refractivity contribution in [3.63, 3.8) is 0 Å². The predicted octanol–water partition coefficient (Wildman–Crippen LogP) is 4.98. The summed E-state index contributed by atoms with van der Waals surface area (Å²) in [5.41, 5.74) is 2.07. The molecule has 0 spiro atoms. The van der Waals surface area contributed by atoms with E-state index in [0.717, 1.165) is 5.56 Å². The second-order valence-electron chi connectivity index (χ2n) is 4.28. The van der Waals surface area contributed by atoms with Crippen molar-refractivity contribution in [3.05, 3.63) is 68.4 Å². The Morgan fingerprint density at radius 1 is 1.32 bits per heavy atom. The van der Waals surface area contributed by atoms with Crippen molar-refractivity contribution in [2.45, 2.75) is 13.3 Å². The largest absolute Gasteiger partial charge is 0.294 e. The zero-order chi connectivity index (χ0) is 14.0. The van der Waals surface area contributed by atoms with Crippen molar-refractivity contribution in [3.8, 4) is 0 Å². The summed E-state index contributed by atoms with van der Waals surface area (Å²) in [4.78, 5) is 12.2. The lowest BCUT2D eigenvalue weighted by Crippen LogP contribution is -2.05. The van der Waals surface area contributed by atoms with Crippen LogP contribution in [0.4, 0.5) is 4.39 Å². The van der Waals surface area contributed by atoms with Gasteiger partial charge in [-0.25, -0.2) is 4.39 Å². The van der Waals surface area contributed by atoms with Crippen LogP contribution in [0.3, 0.4) is 0 Å². The van der Waals surface area contributed by atoms with Gasteiger partial charge in [-0.1, -0.05) is 23.7 Å². The van der Waals surface area contributed by atoms with Gasteiger partial charge in [-0.2, -0.15) is 0 Å². The summed E-state index contributed by atoms with van der Waals surface area (Å²) in [5.74, 6) is -0.427. The van der Waals surface area contributed by atoms with E-state index in [9.17, 15) is 9.18 Å². The molecule has 0 fully saturated rings. The summed E-state index contributed by atoms with van der Waals surface area (Å²) in [6.45, 7) is 1.84. The summed E-state index contributed by atoms with van der Waals surface area (Å²) in [6, 6.07) is 9.81. The highest BCUT2D eigenvalue weighted by molar-refractivity contribution is 9.10. The van der Waals surface area contributed by atoms with E-state index in [1.54, 1.807) is 30.3 Å². The van der Waals surface area contributed by atoms with Crippen LogP contribution in [0.15, 0.2) is 40.9 Å². The predicted molar refractivity (Wildman–Crippen MR) is 78.3 cm³/mol. The fourth-order valence-electron chi connectivity index (χ4n) is 1.78. The number of ketones is 1. The second-order valence-corrected chi connectivity index (χ2v) is 5.48. The molecule has 0 N–H and O–H groups in total. The van der Waals surface area contributed by atoms with Gasteiger partial charge in [-0.05, 0) is 58.2 Å². The Kier molecular flexibility index (Phi) is 4.38. The van der Waals surface area contributed by atoms with Crippen LogP contribution in [0.5, 0.6) is 0 Å². The molecule has 0 aromatic heterocycles. The number of aryl methyl sites for hydroxylation is 1. The molecular formula is C15H11BrClFO. The van der Waals surface area contributed by atoms with Crippen molar-refractivity contribution in [2.24, 2.45) is 0 Å². The minimum Gasteiger partial charge on any atom is -0.294 e. The zero-order valence-corrected chi connectivity index (χ0v) is 12.6. The average Bonchev–Trinajstić information content (AvgIpc) is 2.38. The normalized spacial score (nSPS) is 10.5. The Morgan fingerprint density at radius 3 is 2.74 bits per heavy atom. The highest BCUT2D eigenvalue weighted by atomic mass is 79.9. The molecule has 2 aromatic rings. The van der Waals surface area contributed by atoms with Crippen molar-refractivity contribution >= 4 is 33.3 Å². The number of carbonyl (C=O) groups is 1. The van der Waals surface area contributed by atoms with Crippen molar-refractivity contribution in [1.82, 2.24) is 0 Å². The zero-order valence-electron chi connectivity index (χ0n) is 10.2. The van der Waals surface area contributed by atoms with Crippen molar-refractivity contribution in [2.75, 3.05) is 0 Å². The number of carbonyl (C=O) groups excluding carboxylic acids is 1. The van der Waals surface area contributed by atoms with Gasteiger partial charge in [0.2, 0.25) is 0 Å². The molecule has 0 saturated carbocycles. The highest BCUT2D eigenvalue weighted by Crippen LogP contribution is 2.23. The maximum atomic E-state index is 13.4. The molecule has 0 unspecified atom stereocenters. The molecule has 0 aliphatic carbocycles. The van der Waals surface area contributed by atoms with Gasteiger partial charge in [0.1, 0.15) is 5.82 Å². The second kappa shape index (κ2) is 5.85. The summed E-state index contributed by atoms with van der Waals surface area (Å²) in [7, 11) is 0. The average molecular weight is 342 g/mol. The molecule has 1 nitrogen and oxygen atoms in total. The van der Waals surface area contributed by atoms with Crippen LogP contribution in [-0.2, 0) is 6.42 Å². The molecule has 2 aromatic carbocycles. The molecule has 2 rings (SSSR count).